The number of benzene rings is 1. The number of sulfonamides is 1. The standard InChI is InChI=1S/C16H20N2O4S/c19-16(17-7-9-18-8-1-11-23(18,20)21)5-3-13-2-4-15-14(12-13)6-10-22-15/h2-5,12H,1,6-11H2,(H,17,19)/b5-3+. The maximum Gasteiger partial charge on any atom is 0.244 e. The summed E-state index contributed by atoms with van der Waals surface area (Å²) in [6.45, 7) is 1.91. The van der Waals surface area contributed by atoms with Gasteiger partial charge in [-0.05, 0) is 35.8 Å². The molecule has 0 saturated carbocycles. The summed E-state index contributed by atoms with van der Waals surface area (Å²) in [6.07, 6.45) is 4.78. The topological polar surface area (TPSA) is 75.7 Å². The zero-order chi connectivity index (χ0) is 16.3. The molecule has 1 fully saturated rings. The number of hydrogen-bond acceptors (Lipinski definition) is 4. The van der Waals surface area contributed by atoms with E-state index in [0.717, 1.165) is 23.3 Å². The molecule has 0 bridgehead atoms. The molecule has 1 aromatic carbocycles. The van der Waals surface area contributed by atoms with Crippen LogP contribution >= 0.6 is 0 Å². The van der Waals surface area contributed by atoms with Crippen LogP contribution in [0.25, 0.3) is 6.08 Å². The minimum atomic E-state index is -3.09. The van der Waals surface area contributed by atoms with Crippen LogP contribution in [-0.2, 0) is 21.2 Å². The summed E-state index contributed by atoms with van der Waals surface area (Å²) in [7, 11) is -3.09. The van der Waals surface area contributed by atoms with E-state index in [1.54, 1.807) is 6.08 Å². The van der Waals surface area contributed by atoms with E-state index in [1.165, 1.54) is 10.4 Å². The molecule has 1 N–H and O–H groups in total. The van der Waals surface area contributed by atoms with Gasteiger partial charge >= 0.3 is 0 Å². The molecule has 0 aromatic heterocycles. The number of hydrogen-bond donors (Lipinski definition) is 1. The molecule has 2 aliphatic heterocycles. The molecular weight excluding hydrogens is 316 g/mol. The van der Waals surface area contributed by atoms with Crippen molar-refractivity contribution in [1.82, 2.24) is 9.62 Å². The number of carbonyl (C=O) groups is 1. The molecule has 1 saturated heterocycles. The molecule has 0 radical (unpaired) electrons. The molecule has 0 spiro atoms. The number of carbonyl (C=O) groups excluding carboxylic acids is 1. The van der Waals surface area contributed by atoms with Crippen LogP contribution in [-0.4, -0.2) is 50.6 Å². The van der Waals surface area contributed by atoms with Gasteiger partial charge in [-0.2, -0.15) is 0 Å². The van der Waals surface area contributed by atoms with E-state index < -0.39 is 10.0 Å². The lowest BCUT2D eigenvalue weighted by Gasteiger charge is -2.13. The van der Waals surface area contributed by atoms with Crippen molar-refractivity contribution in [3.63, 3.8) is 0 Å². The summed E-state index contributed by atoms with van der Waals surface area (Å²) < 4.78 is 30.1. The van der Waals surface area contributed by atoms with Gasteiger partial charge in [0.2, 0.25) is 15.9 Å². The van der Waals surface area contributed by atoms with Gasteiger partial charge in [0.05, 0.1) is 12.4 Å². The van der Waals surface area contributed by atoms with Crippen LogP contribution in [0.4, 0.5) is 0 Å². The Labute approximate surface area is 136 Å². The average molecular weight is 336 g/mol. The van der Waals surface area contributed by atoms with Crippen molar-refractivity contribution in [1.29, 1.82) is 0 Å². The highest BCUT2D eigenvalue weighted by Gasteiger charge is 2.27. The fourth-order valence-electron chi connectivity index (χ4n) is 2.79. The van der Waals surface area contributed by atoms with Gasteiger partial charge in [-0.3, -0.25) is 4.79 Å². The van der Waals surface area contributed by atoms with Gasteiger partial charge in [-0.25, -0.2) is 12.7 Å². The lowest BCUT2D eigenvalue weighted by molar-refractivity contribution is -0.116. The highest BCUT2D eigenvalue weighted by molar-refractivity contribution is 7.89. The second-order valence-corrected chi connectivity index (χ2v) is 7.75. The van der Waals surface area contributed by atoms with Crippen molar-refractivity contribution in [3.05, 3.63) is 35.4 Å². The third-order valence-electron chi connectivity index (χ3n) is 4.00. The molecule has 124 valence electrons. The zero-order valence-corrected chi connectivity index (χ0v) is 13.6. The molecule has 0 atom stereocenters. The summed E-state index contributed by atoms with van der Waals surface area (Å²) >= 11 is 0. The molecule has 23 heavy (non-hydrogen) atoms. The van der Waals surface area contributed by atoms with Crippen molar-refractivity contribution in [2.24, 2.45) is 0 Å². The smallest absolute Gasteiger partial charge is 0.244 e. The summed E-state index contributed by atoms with van der Waals surface area (Å²) in [6, 6.07) is 5.84. The minimum Gasteiger partial charge on any atom is -0.493 e. The number of rotatable bonds is 5. The number of nitrogens with one attached hydrogen (secondary N) is 1. The Morgan fingerprint density at radius 1 is 1.39 bits per heavy atom. The van der Waals surface area contributed by atoms with Crippen LogP contribution in [0.2, 0.25) is 0 Å². The first kappa shape index (κ1) is 16.0. The first-order chi connectivity index (χ1) is 11.0. The number of nitrogens with zero attached hydrogens (tertiary/aromatic N) is 1. The van der Waals surface area contributed by atoms with E-state index >= 15 is 0 Å². The van der Waals surface area contributed by atoms with Crippen molar-refractivity contribution in [2.75, 3.05) is 32.0 Å². The summed E-state index contributed by atoms with van der Waals surface area (Å²) in [5.41, 5.74) is 2.11. The maximum atomic E-state index is 11.8. The molecule has 0 aliphatic carbocycles. The quantitative estimate of drug-likeness (QED) is 0.807. The monoisotopic (exact) mass is 336 g/mol. The third kappa shape index (κ3) is 3.92. The molecule has 1 amide bonds. The van der Waals surface area contributed by atoms with Crippen LogP contribution in [0, 0.1) is 0 Å². The van der Waals surface area contributed by atoms with Crippen LogP contribution in [0.1, 0.15) is 17.5 Å². The van der Waals surface area contributed by atoms with E-state index in [2.05, 4.69) is 5.32 Å². The van der Waals surface area contributed by atoms with Gasteiger partial charge in [0.1, 0.15) is 5.75 Å². The van der Waals surface area contributed by atoms with Gasteiger partial charge in [0, 0.05) is 32.1 Å². The average Bonchev–Trinajstić information content (AvgIpc) is 3.11. The number of ether oxygens (including phenoxy) is 1. The summed E-state index contributed by atoms with van der Waals surface area (Å²) in [4.78, 5) is 11.8. The lowest BCUT2D eigenvalue weighted by Crippen LogP contribution is -2.35. The summed E-state index contributed by atoms with van der Waals surface area (Å²) in [5, 5.41) is 2.71. The van der Waals surface area contributed by atoms with E-state index in [1.807, 2.05) is 18.2 Å². The Balaban J connectivity index is 1.47. The fourth-order valence-corrected chi connectivity index (χ4v) is 4.32. The Morgan fingerprint density at radius 2 is 2.26 bits per heavy atom. The zero-order valence-electron chi connectivity index (χ0n) is 12.8. The van der Waals surface area contributed by atoms with Gasteiger partial charge < -0.3 is 10.1 Å². The second kappa shape index (κ2) is 6.72. The molecule has 1 aromatic rings. The van der Waals surface area contributed by atoms with Gasteiger partial charge in [-0.15, -0.1) is 0 Å². The molecule has 7 heteroatoms. The summed E-state index contributed by atoms with van der Waals surface area (Å²) in [5.74, 6) is 0.903. The fraction of sp³-hybridized carbons (Fsp3) is 0.438. The van der Waals surface area contributed by atoms with Crippen LogP contribution in [0.15, 0.2) is 24.3 Å². The molecular formula is C16H20N2O4S. The van der Waals surface area contributed by atoms with Gasteiger partial charge in [0.25, 0.3) is 0 Å². The first-order valence-electron chi connectivity index (χ1n) is 7.74. The van der Waals surface area contributed by atoms with Crippen LogP contribution in [0.3, 0.4) is 0 Å². The number of fused-ring (bicyclic) bond motifs is 1. The predicted octanol–water partition coefficient (Wildman–Crippen LogP) is 0.786. The Kier molecular flexibility index (Phi) is 4.68. The third-order valence-corrected chi connectivity index (χ3v) is 5.96. The Morgan fingerprint density at radius 3 is 3.04 bits per heavy atom. The highest BCUT2D eigenvalue weighted by atomic mass is 32.2. The van der Waals surface area contributed by atoms with Crippen molar-refractivity contribution in [3.8, 4) is 5.75 Å². The predicted molar refractivity (Wildman–Crippen MR) is 87.7 cm³/mol. The van der Waals surface area contributed by atoms with Crippen molar-refractivity contribution in [2.45, 2.75) is 12.8 Å². The second-order valence-electron chi connectivity index (χ2n) is 5.66. The van der Waals surface area contributed by atoms with Crippen LogP contribution < -0.4 is 10.1 Å². The lowest BCUT2D eigenvalue weighted by atomic mass is 10.1. The van der Waals surface area contributed by atoms with E-state index in [0.29, 0.717) is 32.7 Å². The highest BCUT2D eigenvalue weighted by Crippen LogP contribution is 2.26. The van der Waals surface area contributed by atoms with Crippen LogP contribution in [0.5, 0.6) is 5.75 Å². The molecule has 0 unspecified atom stereocenters. The van der Waals surface area contributed by atoms with Gasteiger partial charge in [-0.1, -0.05) is 6.07 Å². The molecule has 3 rings (SSSR count). The molecule has 6 nitrogen and oxygen atoms in total. The normalized spacial score (nSPS) is 19.7. The Hall–Kier alpha value is -1.86. The SMILES string of the molecule is O=C(/C=C/c1ccc2c(c1)CCO2)NCCN1CCCS1(=O)=O. The maximum absolute atomic E-state index is 11.8. The minimum absolute atomic E-state index is 0.211. The van der Waals surface area contributed by atoms with E-state index in [4.69, 9.17) is 4.74 Å². The largest absolute Gasteiger partial charge is 0.493 e. The van der Waals surface area contributed by atoms with Gasteiger partial charge in [0.15, 0.2) is 0 Å². The molecule has 2 heterocycles. The van der Waals surface area contributed by atoms with Crippen molar-refractivity contribution >= 4 is 22.0 Å². The van der Waals surface area contributed by atoms with E-state index in [9.17, 15) is 13.2 Å². The number of amides is 1. The first-order valence-corrected chi connectivity index (χ1v) is 9.35. The van der Waals surface area contributed by atoms with Crippen molar-refractivity contribution < 1.29 is 17.9 Å². The molecule has 2 aliphatic rings. The Bertz CT molecular complexity index is 728. The van der Waals surface area contributed by atoms with E-state index in [-0.39, 0.29) is 11.7 Å².